The Labute approximate surface area is 88.6 Å². The lowest BCUT2D eigenvalue weighted by molar-refractivity contribution is 0.0736. The van der Waals surface area contributed by atoms with Gasteiger partial charge >= 0.3 is 0 Å². The summed E-state index contributed by atoms with van der Waals surface area (Å²) in [5.74, 6) is 0.106. The van der Waals surface area contributed by atoms with Crippen molar-refractivity contribution < 1.29 is 9.63 Å². The monoisotopic (exact) mass is 222 g/mol. The first-order valence-corrected chi connectivity index (χ1v) is 5.41. The van der Waals surface area contributed by atoms with E-state index in [1.807, 2.05) is 6.26 Å². The lowest BCUT2D eigenvalue weighted by Crippen LogP contribution is -2.31. The molecule has 6 nitrogen and oxygen atoms in total. The average molecular weight is 222 g/mol. The summed E-state index contributed by atoms with van der Waals surface area (Å²) in [5.41, 5.74) is 3.44. The van der Waals surface area contributed by atoms with Crippen LogP contribution in [-0.4, -0.2) is 26.8 Å². The Bertz CT molecular complexity index is 565. The van der Waals surface area contributed by atoms with Crippen molar-refractivity contribution in [3.8, 4) is 5.88 Å². The Hall–Kier alpha value is -1.76. The van der Waals surface area contributed by atoms with Crippen molar-refractivity contribution in [1.82, 2.24) is 20.1 Å². The summed E-state index contributed by atoms with van der Waals surface area (Å²) >= 11 is 1.51. The van der Waals surface area contributed by atoms with Crippen LogP contribution in [0, 0.1) is 0 Å². The Morgan fingerprint density at radius 2 is 2.47 bits per heavy atom. The number of carbonyl (C=O) groups is 1. The molecule has 0 atom stereocenters. The van der Waals surface area contributed by atoms with Crippen LogP contribution >= 0.6 is 11.8 Å². The second-order valence-electron chi connectivity index (χ2n) is 2.96. The maximum absolute atomic E-state index is 11.5. The van der Waals surface area contributed by atoms with Crippen molar-refractivity contribution >= 4 is 23.2 Å². The van der Waals surface area contributed by atoms with Gasteiger partial charge in [-0.1, -0.05) is 0 Å². The zero-order valence-electron chi connectivity index (χ0n) is 7.72. The molecule has 1 aliphatic rings. The van der Waals surface area contributed by atoms with Gasteiger partial charge in [0.1, 0.15) is 11.8 Å². The molecule has 1 N–H and O–H groups in total. The SMILES string of the molecule is CSc1cc2c3c(ncnn13)ONC2=O. The minimum atomic E-state index is -0.268. The lowest BCUT2D eigenvalue weighted by Gasteiger charge is -2.11. The van der Waals surface area contributed by atoms with Gasteiger partial charge in [0, 0.05) is 0 Å². The molecule has 0 radical (unpaired) electrons. The summed E-state index contributed by atoms with van der Waals surface area (Å²) in [6, 6.07) is 1.77. The van der Waals surface area contributed by atoms with Gasteiger partial charge in [0.25, 0.3) is 11.8 Å². The highest BCUT2D eigenvalue weighted by Crippen LogP contribution is 2.29. The number of amides is 1. The van der Waals surface area contributed by atoms with E-state index in [-0.39, 0.29) is 5.91 Å². The van der Waals surface area contributed by atoms with Crippen LogP contribution < -0.4 is 10.3 Å². The maximum Gasteiger partial charge on any atom is 0.286 e. The van der Waals surface area contributed by atoms with Gasteiger partial charge in [-0.3, -0.25) is 4.79 Å². The first-order chi connectivity index (χ1) is 7.31. The molecule has 2 aromatic rings. The zero-order valence-corrected chi connectivity index (χ0v) is 8.54. The molecule has 0 spiro atoms. The van der Waals surface area contributed by atoms with Crippen molar-refractivity contribution in [2.45, 2.75) is 5.03 Å². The molecule has 2 aromatic heterocycles. The van der Waals surface area contributed by atoms with E-state index in [1.165, 1.54) is 18.1 Å². The highest BCUT2D eigenvalue weighted by molar-refractivity contribution is 7.98. The highest BCUT2D eigenvalue weighted by atomic mass is 32.2. The van der Waals surface area contributed by atoms with Gasteiger partial charge in [0.05, 0.1) is 10.6 Å². The number of nitrogens with one attached hydrogen (secondary N) is 1. The number of hydroxylamine groups is 1. The molecular formula is C8H6N4O2S. The van der Waals surface area contributed by atoms with E-state index < -0.39 is 0 Å². The second kappa shape index (κ2) is 2.86. The largest absolute Gasteiger partial charge is 0.356 e. The summed E-state index contributed by atoms with van der Waals surface area (Å²) < 4.78 is 1.65. The standard InChI is InChI=1S/C8H6N4O2S/c1-15-5-2-4-6-8(14-11-7(4)13)9-3-10-12(5)6/h2-3H,1H3,(H,11,13). The number of rotatable bonds is 1. The molecule has 3 rings (SSSR count). The van der Waals surface area contributed by atoms with Gasteiger partial charge in [-0.15, -0.1) is 11.8 Å². The Kier molecular flexibility index (Phi) is 1.63. The Balaban J connectivity index is 2.46. The van der Waals surface area contributed by atoms with Gasteiger partial charge < -0.3 is 4.84 Å². The quantitative estimate of drug-likeness (QED) is 0.711. The highest BCUT2D eigenvalue weighted by Gasteiger charge is 2.25. The number of carbonyl (C=O) groups excluding carboxylic acids is 1. The van der Waals surface area contributed by atoms with Crippen molar-refractivity contribution in [3.63, 3.8) is 0 Å². The molecule has 1 aliphatic heterocycles. The number of hydrogen-bond donors (Lipinski definition) is 1. The van der Waals surface area contributed by atoms with Crippen molar-refractivity contribution in [1.29, 1.82) is 0 Å². The van der Waals surface area contributed by atoms with Crippen LogP contribution in [0.2, 0.25) is 0 Å². The molecule has 7 heteroatoms. The number of hydrogen-bond acceptors (Lipinski definition) is 5. The normalized spacial score (nSPS) is 13.8. The molecule has 3 heterocycles. The Morgan fingerprint density at radius 1 is 1.60 bits per heavy atom. The van der Waals surface area contributed by atoms with Gasteiger partial charge in [-0.2, -0.15) is 15.6 Å². The molecule has 76 valence electrons. The first kappa shape index (κ1) is 8.54. The summed E-state index contributed by atoms with van der Waals surface area (Å²) in [4.78, 5) is 20.4. The zero-order chi connectivity index (χ0) is 10.4. The van der Waals surface area contributed by atoms with Crippen LogP contribution in [0.15, 0.2) is 17.4 Å². The molecule has 0 saturated carbocycles. The third kappa shape index (κ3) is 1.03. The van der Waals surface area contributed by atoms with Gasteiger partial charge in [0.2, 0.25) is 0 Å². The predicted octanol–water partition coefficient (Wildman–Crippen LogP) is 0.488. The van der Waals surface area contributed by atoms with Crippen LogP contribution in [0.4, 0.5) is 0 Å². The Morgan fingerprint density at radius 3 is 3.27 bits per heavy atom. The smallest absolute Gasteiger partial charge is 0.286 e. The number of nitrogens with zero attached hydrogens (tertiary/aromatic N) is 3. The number of aromatic nitrogens is 3. The molecule has 0 aromatic carbocycles. The third-order valence-electron chi connectivity index (χ3n) is 2.18. The lowest BCUT2D eigenvalue weighted by atomic mass is 10.2. The van der Waals surface area contributed by atoms with Crippen molar-refractivity contribution in [2.24, 2.45) is 0 Å². The summed E-state index contributed by atoms with van der Waals surface area (Å²) in [6.45, 7) is 0. The van der Waals surface area contributed by atoms with E-state index in [0.29, 0.717) is 17.0 Å². The van der Waals surface area contributed by atoms with Crippen molar-refractivity contribution in [3.05, 3.63) is 18.0 Å². The molecule has 0 bridgehead atoms. The van der Waals surface area contributed by atoms with E-state index >= 15 is 0 Å². The molecule has 0 aliphatic carbocycles. The third-order valence-corrected chi connectivity index (χ3v) is 2.89. The van der Waals surface area contributed by atoms with E-state index in [4.69, 9.17) is 4.84 Å². The van der Waals surface area contributed by atoms with Crippen LogP contribution in [0.25, 0.3) is 5.52 Å². The van der Waals surface area contributed by atoms with Gasteiger partial charge in [-0.25, -0.2) is 4.52 Å². The molecule has 0 fully saturated rings. The topological polar surface area (TPSA) is 68.5 Å². The van der Waals surface area contributed by atoms with Gasteiger partial charge in [0.15, 0.2) is 0 Å². The second-order valence-corrected chi connectivity index (χ2v) is 3.79. The van der Waals surface area contributed by atoms with E-state index in [1.54, 1.807) is 10.6 Å². The number of thioether (sulfide) groups is 1. The molecular weight excluding hydrogens is 216 g/mol. The summed E-state index contributed by atoms with van der Waals surface area (Å²) in [5, 5.41) is 4.95. The molecule has 0 unspecified atom stereocenters. The minimum absolute atomic E-state index is 0.268. The van der Waals surface area contributed by atoms with E-state index in [9.17, 15) is 4.79 Å². The fourth-order valence-electron chi connectivity index (χ4n) is 1.53. The van der Waals surface area contributed by atoms with Crippen LogP contribution in [-0.2, 0) is 0 Å². The van der Waals surface area contributed by atoms with Crippen LogP contribution in [0.5, 0.6) is 5.88 Å². The van der Waals surface area contributed by atoms with Crippen LogP contribution in [0.1, 0.15) is 10.4 Å². The average Bonchev–Trinajstić information content (AvgIpc) is 2.65. The summed E-state index contributed by atoms with van der Waals surface area (Å²) in [6.07, 6.45) is 3.31. The van der Waals surface area contributed by atoms with Gasteiger partial charge in [-0.05, 0) is 12.3 Å². The maximum atomic E-state index is 11.5. The molecule has 0 saturated heterocycles. The molecule has 1 amide bonds. The summed E-state index contributed by atoms with van der Waals surface area (Å²) in [7, 11) is 0. The van der Waals surface area contributed by atoms with E-state index in [2.05, 4.69) is 15.6 Å². The first-order valence-electron chi connectivity index (χ1n) is 4.19. The fourth-order valence-corrected chi connectivity index (χ4v) is 2.08. The minimum Gasteiger partial charge on any atom is -0.356 e. The predicted molar refractivity (Wildman–Crippen MR) is 52.9 cm³/mol. The van der Waals surface area contributed by atoms with Crippen molar-refractivity contribution in [2.75, 3.05) is 6.26 Å². The van der Waals surface area contributed by atoms with Crippen LogP contribution in [0.3, 0.4) is 0 Å². The molecule has 15 heavy (non-hydrogen) atoms. The fraction of sp³-hybridized carbons (Fsp3) is 0.125. The van der Waals surface area contributed by atoms with E-state index in [0.717, 1.165) is 5.03 Å².